The van der Waals surface area contributed by atoms with E-state index in [1.54, 1.807) is 0 Å². The number of ether oxygens (including phenoxy) is 1. The molecule has 7 heteroatoms. The molecule has 1 saturated heterocycles. The summed E-state index contributed by atoms with van der Waals surface area (Å²) in [5.41, 5.74) is 5.28. The normalized spacial score (nSPS) is 19.4. The molecule has 0 aliphatic carbocycles. The fourth-order valence-electron chi connectivity index (χ4n) is 1.93. The molecule has 0 bridgehead atoms. The Morgan fingerprint density at radius 1 is 1.65 bits per heavy atom. The number of anilines is 1. The minimum atomic E-state index is -0.286. The highest BCUT2D eigenvalue weighted by Crippen LogP contribution is 2.34. The lowest BCUT2D eigenvalue weighted by molar-refractivity contribution is -0.121. The maximum atomic E-state index is 11.1. The minimum absolute atomic E-state index is 0.145. The van der Waals surface area contributed by atoms with E-state index in [1.807, 2.05) is 4.90 Å². The topological polar surface area (TPSA) is 81.3 Å². The van der Waals surface area contributed by atoms with Gasteiger partial charge >= 0.3 is 0 Å². The fourth-order valence-corrected chi connectivity index (χ4v) is 2.13. The number of halogens is 1. The van der Waals surface area contributed by atoms with Crippen molar-refractivity contribution in [3.05, 3.63) is 11.5 Å². The number of hydrogen-bond acceptors (Lipinski definition) is 5. The van der Waals surface area contributed by atoms with Crippen LogP contribution in [0.1, 0.15) is 6.42 Å². The van der Waals surface area contributed by atoms with Crippen molar-refractivity contribution in [3.8, 4) is 5.75 Å². The molecule has 0 saturated carbocycles. The van der Waals surface area contributed by atoms with Gasteiger partial charge < -0.3 is 15.4 Å². The van der Waals surface area contributed by atoms with Crippen molar-refractivity contribution in [2.45, 2.75) is 6.42 Å². The van der Waals surface area contributed by atoms with Crippen LogP contribution in [0.3, 0.4) is 0 Å². The maximum absolute atomic E-state index is 11.1. The number of rotatable bonds is 3. The lowest BCUT2D eigenvalue weighted by atomic mass is 10.1. The van der Waals surface area contributed by atoms with Gasteiger partial charge in [-0.3, -0.25) is 4.79 Å². The molecule has 0 radical (unpaired) electrons. The zero-order valence-electron chi connectivity index (χ0n) is 9.39. The van der Waals surface area contributed by atoms with Crippen molar-refractivity contribution in [2.75, 3.05) is 25.1 Å². The summed E-state index contributed by atoms with van der Waals surface area (Å²) in [6.45, 7) is 1.25. The Bertz CT molecular complexity index is 440. The molecule has 1 aromatic heterocycles. The number of methoxy groups -OCH3 is 1. The van der Waals surface area contributed by atoms with Crippen molar-refractivity contribution < 1.29 is 9.53 Å². The third-order valence-electron chi connectivity index (χ3n) is 2.84. The molecule has 1 amide bonds. The first-order chi connectivity index (χ1) is 8.13. The van der Waals surface area contributed by atoms with Crippen LogP contribution in [0.5, 0.6) is 5.75 Å². The summed E-state index contributed by atoms with van der Waals surface area (Å²) in [5.74, 6) is 0.607. The van der Waals surface area contributed by atoms with E-state index in [9.17, 15) is 4.79 Å². The Balaban J connectivity index is 2.24. The zero-order chi connectivity index (χ0) is 12.4. The molecule has 92 valence electrons. The van der Waals surface area contributed by atoms with Crippen LogP contribution in [0.4, 0.5) is 5.82 Å². The number of carbonyl (C=O) groups is 1. The van der Waals surface area contributed by atoms with Gasteiger partial charge in [0.15, 0.2) is 16.7 Å². The average Bonchev–Trinajstić information content (AvgIpc) is 2.77. The Morgan fingerprint density at radius 2 is 2.41 bits per heavy atom. The van der Waals surface area contributed by atoms with E-state index >= 15 is 0 Å². The molecule has 0 spiro atoms. The SMILES string of the molecule is COc1c(Cl)ncnc1N1CCC(C(N)=O)C1. The first-order valence-electron chi connectivity index (χ1n) is 5.22. The number of nitrogens with zero attached hydrogens (tertiary/aromatic N) is 3. The highest BCUT2D eigenvalue weighted by atomic mass is 35.5. The monoisotopic (exact) mass is 256 g/mol. The van der Waals surface area contributed by atoms with E-state index in [0.29, 0.717) is 24.7 Å². The second-order valence-electron chi connectivity index (χ2n) is 3.86. The van der Waals surface area contributed by atoms with Gasteiger partial charge in [-0.05, 0) is 6.42 Å². The van der Waals surface area contributed by atoms with Crippen LogP contribution in [0, 0.1) is 5.92 Å². The molecule has 6 nitrogen and oxygen atoms in total. The Morgan fingerprint density at radius 3 is 3.00 bits per heavy atom. The van der Waals surface area contributed by atoms with E-state index in [2.05, 4.69) is 9.97 Å². The number of amides is 1. The molecule has 2 rings (SSSR count). The largest absolute Gasteiger partial charge is 0.490 e. The molecule has 1 aliphatic heterocycles. The van der Waals surface area contributed by atoms with Gasteiger partial charge in [0.05, 0.1) is 13.0 Å². The standard InChI is InChI=1S/C10H13ClN4O2/c1-17-7-8(11)13-5-14-10(7)15-3-2-6(4-15)9(12)16/h5-6H,2-4H2,1H3,(H2,12,16). The van der Waals surface area contributed by atoms with Gasteiger partial charge in [0.1, 0.15) is 6.33 Å². The smallest absolute Gasteiger partial charge is 0.222 e. The molecule has 2 heterocycles. The van der Waals surface area contributed by atoms with Gasteiger partial charge in [-0.25, -0.2) is 9.97 Å². The lowest BCUT2D eigenvalue weighted by Crippen LogP contribution is -2.28. The second kappa shape index (κ2) is 4.75. The van der Waals surface area contributed by atoms with E-state index in [4.69, 9.17) is 22.1 Å². The fraction of sp³-hybridized carbons (Fsp3) is 0.500. The van der Waals surface area contributed by atoms with Gasteiger partial charge in [-0.15, -0.1) is 0 Å². The summed E-state index contributed by atoms with van der Waals surface area (Å²) >= 11 is 5.91. The Labute approximate surface area is 104 Å². The average molecular weight is 257 g/mol. The van der Waals surface area contributed by atoms with Crippen molar-refractivity contribution in [3.63, 3.8) is 0 Å². The Hall–Kier alpha value is -1.56. The summed E-state index contributed by atoms with van der Waals surface area (Å²) in [4.78, 5) is 21.0. The highest BCUT2D eigenvalue weighted by molar-refractivity contribution is 6.31. The molecule has 1 atom stereocenters. The summed E-state index contributed by atoms with van der Waals surface area (Å²) < 4.78 is 5.17. The maximum Gasteiger partial charge on any atom is 0.222 e. The van der Waals surface area contributed by atoms with Crippen LogP contribution in [0.25, 0.3) is 0 Å². The van der Waals surface area contributed by atoms with Gasteiger partial charge in [-0.1, -0.05) is 11.6 Å². The molecule has 1 unspecified atom stereocenters. The summed E-state index contributed by atoms with van der Waals surface area (Å²) in [6.07, 6.45) is 2.10. The highest BCUT2D eigenvalue weighted by Gasteiger charge is 2.29. The summed E-state index contributed by atoms with van der Waals surface area (Å²) in [7, 11) is 1.51. The van der Waals surface area contributed by atoms with E-state index in [-0.39, 0.29) is 17.0 Å². The van der Waals surface area contributed by atoms with Gasteiger partial charge in [0.2, 0.25) is 5.91 Å². The zero-order valence-corrected chi connectivity index (χ0v) is 10.1. The number of carbonyl (C=O) groups excluding carboxylic acids is 1. The second-order valence-corrected chi connectivity index (χ2v) is 4.21. The number of aromatic nitrogens is 2. The number of hydrogen-bond donors (Lipinski definition) is 1. The molecule has 1 aliphatic rings. The van der Waals surface area contributed by atoms with Gasteiger partial charge in [-0.2, -0.15) is 0 Å². The van der Waals surface area contributed by atoms with Crippen LogP contribution in [0.2, 0.25) is 5.15 Å². The van der Waals surface area contributed by atoms with Crippen molar-refractivity contribution in [2.24, 2.45) is 11.7 Å². The summed E-state index contributed by atoms with van der Waals surface area (Å²) in [5, 5.41) is 0.264. The molecule has 2 N–H and O–H groups in total. The van der Waals surface area contributed by atoms with Crippen LogP contribution >= 0.6 is 11.6 Å². The van der Waals surface area contributed by atoms with E-state index in [1.165, 1.54) is 13.4 Å². The van der Waals surface area contributed by atoms with Crippen LogP contribution in [-0.2, 0) is 4.79 Å². The van der Waals surface area contributed by atoms with Gasteiger partial charge in [0, 0.05) is 13.1 Å². The molecular formula is C10H13ClN4O2. The molecule has 17 heavy (non-hydrogen) atoms. The van der Waals surface area contributed by atoms with E-state index in [0.717, 1.165) is 6.42 Å². The molecule has 0 aromatic carbocycles. The first-order valence-corrected chi connectivity index (χ1v) is 5.60. The third kappa shape index (κ3) is 2.26. The number of nitrogens with two attached hydrogens (primary N) is 1. The first kappa shape index (κ1) is 11.9. The van der Waals surface area contributed by atoms with E-state index < -0.39 is 0 Å². The van der Waals surface area contributed by atoms with Crippen molar-refractivity contribution in [1.82, 2.24) is 9.97 Å². The predicted octanol–water partition coefficient (Wildman–Crippen LogP) is 0.450. The summed E-state index contributed by atoms with van der Waals surface area (Å²) in [6, 6.07) is 0. The van der Waals surface area contributed by atoms with Crippen LogP contribution < -0.4 is 15.4 Å². The third-order valence-corrected chi connectivity index (χ3v) is 3.11. The van der Waals surface area contributed by atoms with Crippen LogP contribution in [0.15, 0.2) is 6.33 Å². The van der Waals surface area contributed by atoms with Crippen molar-refractivity contribution >= 4 is 23.3 Å². The quantitative estimate of drug-likeness (QED) is 0.794. The van der Waals surface area contributed by atoms with Crippen LogP contribution in [-0.4, -0.2) is 36.1 Å². The Kier molecular flexibility index (Phi) is 3.33. The number of primary amides is 1. The molecular weight excluding hydrogens is 244 g/mol. The van der Waals surface area contributed by atoms with Crippen molar-refractivity contribution in [1.29, 1.82) is 0 Å². The minimum Gasteiger partial charge on any atom is -0.490 e. The lowest BCUT2D eigenvalue weighted by Gasteiger charge is -2.19. The predicted molar refractivity (Wildman–Crippen MR) is 63.1 cm³/mol. The van der Waals surface area contributed by atoms with Gasteiger partial charge in [0.25, 0.3) is 0 Å². The molecule has 1 fully saturated rings. The molecule has 1 aromatic rings.